The van der Waals surface area contributed by atoms with Gasteiger partial charge >= 0.3 is 0 Å². The van der Waals surface area contributed by atoms with Crippen molar-refractivity contribution in [2.75, 3.05) is 10.6 Å². The first-order chi connectivity index (χ1) is 25.7. The molecule has 0 spiro atoms. The molecule has 4 heteroatoms. The topological polar surface area (TPSA) is 47.1 Å². The van der Waals surface area contributed by atoms with Gasteiger partial charge in [-0.1, -0.05) is 121 Å². The van der Waals surface area contributed by atoms with Crippen molar-refractivity contribution in [2.24, 2.45) is 0 Å². The fraction of sp³-hybridized carbons (Fsp3) is 0.0208. The summed E-state index contributed by atoms with van der Waals surface area (Å²) in [6.07, 6.45) is 0. The lowest BCUT2D eigenvalue weighted by Gasteiger charge is -2.34. The van der Waals surface area contributed by atoms with Crippen molar-refractivity contribution in [1.29, 1.82) is 0 Å². The Labute approximate surface area is 302 Å². The minimum atomic E-state index is 0.774. The molecule has 0 atom stereocenters. The molecule has 10 rings (SSSR count). The molecule has 0 radical (unpaired) electrons. The standard InChI is InChI=1S/C48H34N4/c49-43-13-5-8-16-46(43)51-31-39-27-25-37(30-42(39)41-12-4-7-15-45(41)51)33-20-18-32(19-21-33)34-22-23-36-29-38(26-24-35(36)28-34)48-50-44-14-6-9-17-47(44)52(48)40-10-2-1-3-11-40/h1-30H,31,49H2. The molecule has 0 fully saturated rings. The normalized spacial score (nSPS) is 12.2. The summed E-state index contributed by atoms with van der Waals surface area (Å²) in [7, 11) is 0. The van der Waals surface area contributed by atoms with Crippen LogP contribution in [0.3, 0.4) is 0 Å². The van der Waals surface area contributed by atoms with Gasteiger partial charge in [-0.15, -0.1) is 0 Å². The van der Waals surface area contributed by atoms with Gasteiger partial charge in [-0.05, 0) is 105 Å². The molecular formula is C48H34N4. The Morgan fingerprint density at radius 3 is 1.85 bits per heavy atom. The van der Waals surface area contributed by atoms with E-state index in [-0.39, 0.29) is 0 Å². The van der Waals surface area contributed by atoms with Gasteiger partial charge in [0.1, 0.15) is 5.82 Å². The van der Waals surface area contributed by atoms with Crippen LogP contribution in [0.4, 0.5) is 17.1 Å². The zero-order valence-corrected chi connectivity index (χ0v) is 28.4. The minimum Gasteiger partial charge on any atom is -0.397 e. The van der Waals surface area contributed by atoms with E-state index in [0.29, 0.717) is 0 Å². The molecule has 0 saturated heterocycles. The molecular weight excluding hydrogens is 633 g/mol. The summed E-state index contributed by atoms with van der Waals surface area (Å²) in [6, 6.07) is 64.8. The molecule has 2 N–H and O–H groups in total. The maximum absolute atomic E-state index is 6.43. The van der Waals surface area contributed by atoms with Crippen LogP contribution in [-0.4, -0.2) is 9.55 Å². The summed E-state index contributed by atoms with van der Waals surface area (Å²) in [6.45, 7) is 0.774. The molecule has 0 bridgehead atoms. The highest BCUT2D eigenvalue weighted by Crippen LogP contribution is 2.45. The SMILES string of the molecule is Nc1ccccc1N1Cc2ccc(-c3ccc(-c4ccc5cc(-c6nc7ccccc7n6-c6ccccc6)ccc5c4)cc3)cc2-c2ccccc21. The van der Waals surface area contributed by atoms with Crippen LogP contribution in [0.1, 0.15) is 5.56 Å². The van der Waals surface area contributed by atoms with Gasteiger partial charge in [-0.25, -0.2) is 4.98 Å². The second kappa shape index (κ2) is 12.1. The maximum atomic E-state index is 6.43. The van der Waals surface area contributed by atoms with Crippen molar-refractivity contribution in [1.82, 2.24) is 9.55 Å². The van der Waals surface area contributed by atoms with E-state index in [1.807, 2.05) is 24.3 Å². The molecule has 2 heterocycles. The van der Waals surface area contributed by atoms with Gasteiger partial charge in [0.25, 0.3) is 0 Å². The Morgan fingerprint density at radius 2 is 1.06 bits per heavy atom. The summed E-state index contributed by atoms with van der Waals surface area (Å²) in [5.74, 6) is 0.942. The predicted octanol–water partition coefficient (Wildman–Crippen LogP) is 12.1. The van der Waals surface area contributed by atoms with E-state index >= 15 is 0 Å². The quantitative estimate of drug-likeness (QED) is 0.186. The largest absolute Gasteiger partial charge is 0.397 e. The molecule has 0 aliphatic carbocycles. The molecule has 1 aliphatic rings. The number of nitrogens with zero attached hydrogens (tertiary/aromatic N) is 3. The van der Waals surface area contributed by atoms with Crippen molar-refractivity contribution < 1.29 is 0 Å². The van der Waals surface area contributed by atoms with Crippen molar-refractivity contribution in [2.45, 2.75) is 6.54 Å². The van der Waals surface area contributed by atoms with Gasteiger partial charge in [-0.2, -0.15) is 0 Å². The van der Waals surface area contributed by atoms with E-state index in [0.717, 1.165) is 46.0 Å². The fourth-order valence-corrected chi connectivity index (χ4v) is 7.76. The summed E-state index contributed by atoms with van der Waals surface area (Å²) >= 11 is 0. The predicted molar refractivity (Wildman–Crippen MR) is 217 cm³/mol. The van der Waals surface area contributed by atoms with Crippen LogP contribution in [0.2, 0.25) is 0 Å². The first kappa shape index (κ1) is 30.0. The monoisotopic (exact) mass is 666 g/mol. The van der Waals surface area contributed by atoms with Gasteiger partial charge in [0, 0.05) is 29.0 Å². The van der Waals surface area contributed by atoms with E-state index in [9.17, 15) is 0 Å². The van der Waals surface area contributed by atoms with Gasteiger partial charge in [0.15, 0.2) is 0 Å². The van der Waals surface area contributed by atoms with Crippen LogP contribution in [0.5, 0.6) is 0 Å². The number of anilines is 3. The van der Waals surface area contributed by atoms with Crippen LogP contribution in [0, 0.1) is 0 Å². The molecule has 4 nitrogen and oxygen atoms in total. The average molecular weight is 667 g/mol. The third kappa shape index (κ3) is 5.04. The lowest BCUT2D eigenvalue weighted by molar-refractivity contribution is 0.963. The second-order valence-corrected chi connectivity index (χ2v) is 13.5. The number of nitrogen functional groups attached to an aromatic ring is 1. The number of benzene rings is 8. The number of fused-ring (bicyclic) bond motifs is 5. The van der Waals surface area contributed by atoms with Gasteiger partial charge in [-0.3, -0.25) is 4.57 Å². The Bertz CT molecular complexity index is 2780. The van der Waals surface area contributed by atoms with Crippen molar-refractivity contribution in [3.05, 3.63) is 188 Å². The molecule has 1 aliphatic heterocycles. The first-order valence-corrected chi connectivity index (χ1v) is 17.7. The molecule has 0 amide bonds. The Kier molecular flexibility index (Phi) is 7.00. The average Bonchev–Trinajstić information content (AvgIpc) is 3.60. The number of hydrogen-bond acceptors (Lipinski definition) is 3. The lowest BCUT2D eigenvalue weighted by Crippen LogP contribution is -2.22. The van der Waals surface area contributed by atoms with Crippen LogP contribution in [0.25, 0.3) is 72.3 Å². The third-order valence-electron chi connectivity index (χ3n) is 10.4. The third-order valence-corrected chi connectivity index (χ3v) is 10.4. The Balaban J connectivity index is 0.952. The van der Waals surface area contributed by atoms with E-state index < -0.39 is 0 Å². The van der Waals surface area contributed by atoms with E-state index in [1.54, 1.807) is 0 Å². The van der Waals surface area contributed by atoms with Crippen LogP contribution in [-0.2, 0) is 6.54 Å². The molecule has 246 valence electrons. The molecule has 9 aromatic rings. The highest BCUT2D eigenvalue weighted by molar-refractivity contribution is 5.93. The molecule has 0 unspecified atom stereocenters. The number of para-hydroxylation sites is 6. The number of imidazole rings is 1. The molecule has 1 aromatic heterocycles. The summed E-state index contributed by atoms with van der Waals surface area (Å²) in [4.78, 5) is 7.40. The second-order valence-electron chi connectivity index (χ2n) is 13.5. The Morgan fingerprint density at radius 1 is 0.462 bits per heavy atom. The highest BCUT2D eigenvalue weighted by atomic mass is 15.2. The van der Waals surface area contributed by atoms with E-state index in [1.165, 1.54) is 55.4 Å². The van der Waals surface area contributed by atoms with Crippen molar-refractivity contribution >= 4 is 38.9 Å². The molecule has 8 aromatic carbocycles. The zero-order valence-electron chi connectivity index (χ0n) is 28.4. The fourth-order valence-electron chi connectivity index (χ4n) is 7.76. The van der Waals surface area contributed by atoms with Crippen molar-refractivity contribution in [3.8, 4) is 50.5 Å². The van der Waals surface area contributed by atoms with Gasteiger partial charge in [0.2, 0.25) is 0 Å². The maximum Gasteiger partial charge on any atom is 0.145 e. The number of nitrogens with two attached hydrogens (primary N) is 1. The Hall–Kier alpha value is -6.91. The summed E-state index contributed by atoms with van der Waals surface area (Å²) in [5.41, 5.74) is 22.3. The molecule has 0 saturated carbocycles. The van der Waals surface area contributed by atoms with E-state index in [2.05, 4.69) is 167 Å². The lowest BCUT2D eigenvalue weighted by atomic mass is 9.89. The van der Waals surface area contributed by atoms with Crippen molar-refractivity contribution in [3.63, 3.8) is 0 Å². The number of hydrogen-bond donors (Lipinski definition) is 1. The highest BCUT2D eigenvalue weighted by Gasteiger charge is 2.24. The first-order valence-electron chi connectivity index (χ1n) is 17.7. The minimum absolute atomic E-state index is 0.774. The smallest absolute Gasteiger partial charge is 0.145 e. The van der Waals surface area contributed by atoms with E-state index in [4.69, 9.17) is 10.7 Å². The van der Waals surface area contributed by atoms with Crippen LogP contribution >= 0.6 is 0 Å². The van der Waals surface area contributed by atoms with Gasteiger partial charge < -0.3 is 10.6 Å². The molecule has 52 heavy (non-hydrogen) atoms. The zero-order chi connectivity index (χ0) is 34.6. The van der Waals surface area contributed by atoms with Crippen LogP contribution < -0.4 is 10.6 Å². The number of aromatic nitrogens is 2. The summed E-state index contributed by atoms with van der Waals surface area (Å²) in [5, 5.41) is 2.39. The van der Waals surface area contributed by atoms with Crippen LogP contribution in [0.15, 0.2) is 182 Å². The summed E-state index contributed by atoms with van der Waals surface area (Å²) < 4.78 is 2.25. The number of rotatable bonds is 5. The van der Waals surface area contributed by atoms with Gasteiger partial charge in [0.05, 0.1) is 22.4 Å².